The molecule has 1 atom stereocenters. The highest BCUT2D eigenvalue weighted by atomic mass is 32.2. The van der Waals surface area contributed by atoms with Crippen molar-refractivity contribution in [1.29, 1.82) is 0 Å². The van der Waals surface area contributed by atoms with Crippen molar-refractivity contribution in [3.8, 4) is 0 Å². The molecule has 1 aliphatic heterocycles. The van der Waals surface area contributed by atoms with Gasteiger partial charge >= 0.3 is 0 Å². The van der Waals surface area contributed by atoms with E-state index in [-0.39, 0.29) is 23.5 Å². The van der Waals surface area contributed by atoms with Crippen LogP contribution in [0.3, 0.4) is 0 Å². The van der Waals surface area contributed by atoms with Crippen LogP contribution >= 0.6 is 0 Å². The Hall–Kier alpha value is -1.56. The topological polar surface area (TPSA) is 67.6 Å². The van der Waals surface area contributed by atoms with Crippen LogP contribution in [0.2, 0.25) is 0 Å². The number of hydrogen-bond acceptors (Lipinski definition) is 4. The second-order valence-corrected chi connectivity index (χ2v) is 7.52. The first-order valence-corrected chi connectivity index (χ1v) is 9.06. The Morgan fingerprint density at radius 2 is 2.33 bits per heavy atom. The molecule has 1 aliphatic rings. The number of sulfone groups is 1. The molecule has 0 bridgehead atoms. The van der Waals surface area contributed by atoms with E-state index in [0.717, 1.165) is 12.8 Å². The molecule has 0 aliphatic carbocycles. The van der Waals surface area contributed by atoms with E-state index >= 15 is 0 Å². The van der Waals surface area contributed by atoms with Gasteiger partial charge in [-0.05, 0) is 31.1 Å². The van der Waals surface area contributed by atoms with Crippen molar-refractivity contribution in [3.63, 3.8) is 0 Å². The Labute approximate surface area is 125 Å². The van der Waals surface area contributed by atoms with Gasteiger partial charge in [0, 0.05) is 18.7 Å². The number of carbonyl (C=O) groups is 1. The van der Waals surface area contributed by atoms with Gasteiger partial charge in [-0.15, -0.1) is 0 Å². The molecule has 1 aromatic rings. The maximum Gasteiger partial charge on any atom is 0.246 e. The summed E-state index contributed by atoms with van der Waals surface area (Å²) in [4.78, 5) is 14.0. The molecule has 1 aromatic heterocycles. The van der Waals surface area contributed by atoms with Crippen LogP contribution in [0.15, 0.2) is 28.9 Å². The first-order chi connectivity index (χ1) is 10.0. The summed E-state index contributed by atoms with van der Waals surface area (Å²) in [6.07, 6.45) is 6.99. The summed E-state index contributed by atoms with van der Waals surface area (Å²) in [5, 5.41) is 0. The summed E-state index contributed by atoms with van der Waals surface area (Å²) in [5.74, 6) is 0.715. The van der Waals surface area contributed by atoms with Crippen molar-refractivity contribution in [1.82, 2.24) is 4.90 Å². The molecule has 1 unspecified atom stereocenters. The molecule has 116 valence electrons. The lowest BCUT2D eigenvalue weighted by Gasteiger charge is -2.27. The van der Waals surface area contributed by atoms with Crippen molar-refractivity contribution in [2.75, 3.05) is 18.1 Å². The third-order valence-corrected chi connectivity index (χ3v) is 5.37. The minimum atomic E-state index is -2.99. The van der Waals surface area contributed by atoms with Gasteiger partial charge in [0.1, 0.15) is 5.76 Å². The second kappa shape index (κ2) is 6.93. The van der Waals surface area contributed by atoms with Crippen LogP contribution in [0.4, 0.5) is 0 Å². The van der Waals surface area contributed by atoms with E-state index in [0.29, 0.717) is 18.7 Å². The lowest BCUT2D eigenvalue weighted by atomic mass is 10.2. The molecule has 2 heterocycles. The molecule has 5 nitrogen and oxygen atoms in total. The quantitative estimate of drug-likeness (QED) is 0.755. The van der Waals surface area contributed by atoms with Crippen molar-refractivity contribution in [2.24, 2.45) is 0 Å². The number of hydrogen-bond donors (Lipinski definition) is 0. The van der Waals surface area contributed by atoms with Crippen molar-refractivity contribution >= 4 is 21.8 Å². The fourth-order valence-corrected chi connectivity index (χ4v) is 4.19. The highest BCUT2D eigenvalue weighted by Gasteiger charge is 2.33. The largest absolute Gasteiger partial charge is 0.465 e. The third-order valence-electron chi connectivity index (χ3n) is 3.62. The van der Waals surface area contributed by atoms with E-state index in [9.17, 15) is 13.2 Å². The van der Waals surface area contributed by atoms with E-state index < -0.39 is 9.84 Å². The average Bonchev–Trinajstić information content (AvgIpc) is 3.06. The molecule has 0 saturated carbocycles. The van der Waals surface area contributed by atoms with Crippen molar-refractivity contribution < 1.29 is 17.6 Å². The predicted octanol–water partition coefficient (Wildman–Crippen LogP) is 2.11. The molecule has 6 heteroatoms. The monoisotopic (exact) mass is 311 g/mol. The lowest BCUT2D eigenvalue weighted by Crippen LogP contribution is -2.40. The van der Waals surface area contributed by atoms with E-state index in [1.54, 1.807) is 29.4 Å². The molecule has 21 heavy (non-hydrogen) atoms. The predicted molar refractivity (Wildman–Crippen MR) is 81.4 cm³/mol. The zero-order valence-corrected chi connectivity index (χ0v) is 13.0. The second-order valence-electron chi connectivity index (χ2n) is 5.29. The van der Waals surface area contributed by atoms with E-state index in [4.69, 9.17) is 4.42 Å². The minimum absolute atomic E-state index is 0.0804. The van der Waals surface area contributed by atoms with Crippen LogP contribution in [-0.2, 0) is 14.6 Å². The van der Waals surface area contributed by atoms with Gasteiger partial charge in [-0.1, -0.05) is 13.3 Å². The summed E-state index contributed by atoms with van der Waals surface area (Å²) >= 11 is 0. The first-order valence-electron chi connectivity index (χ1n) is 7.24. The fourth-order valence-electron chi connectivity index (χ4n) is 2.46. The van der Waals surface area contributed by atoms with Gasteiger partial charge < -0.3 is 9.32 Å². The van der Waals surface area contributed by atoms with Gasteiger partial charge in [0.2, 0.25) is 5.91 Å². The SMILES string of the molecule is CCCCN(C(=O)/C=C/c1ccco1)C1CCS(=O)(=O)C1. The van der Waals surface area contributed by atoms with Crippen LogP contribution in [0, 0.1) is 0 Å². The van der Waals surface area contributed by atoms with Crippen LogP contribution in [0.5, 0.6) is 0 Å². The molecule has 1 saturated heterocycles. The smallest absolute Gasteiger partial charge is 0.246 e. The number of amides is 1. The first kappa shape index (κ1) is 15.8. The number of unbranched alkanes of at least 4 members (excludes halogenated alkanes) is 1. The van der Waals surface area contributed by atoms with E-state index in [1.165, 1.54) is 6.08 Å². The molecular weight excluding hydrogens is 290 g/mol. The summed E-state index contributed by atoms with van der Waals surface area (Å²) < 4.78 is 28.4. The number of rotatable bonds is 6. The summed E-state index contributed by atoms with van der Waals surface area (Å²) in [5.41, 5.74) is 0. The highest BCUT2D eigenvalue weighted by Crippen LogP contribution is 2.19. The van der Waals surface area contributed by atoms with Crippen LogP contribution in [0.25, 0.3) is 6.08 Å². The Kier molecular flexibility index (Phi) is 5.22. The van der Waals surface area contributed by atoms with E-state index in [2.05, 4.69) is 0 Å². The van der Waals surface area contributed by atoms with Crippen LogP contribution in [0.1, 0.15) is 31.9 Å². The Bertz CT molecular complexity index is 589. The zero-order valence-electron chi connectivity index (χ0n) is 12.2. The Balaban J connectivity index is 2.06. The van der Waals surface area contributed by atoms with E-state index in [1.807, 2.05) is 6.92 Å². The number of nitrogens with zero attached hydrogens (tertiary/aromatic N) is 1. The standard InChI is InChI=1S/C15H21NO4S/c1-2-3-9-16(13-8-11-21(18,19)12-13)15(17)7-6-14-5-4-10-20-14/h4-7,10,13H,2-3,8-9,11-12H2,1H3/b7-6+. The molecule has 1 amide bonds. The fraction of sp³-hybridized carbons (Fsp3) is 0.533. The van der Waals surface area contributed by atoms with Crippen molar-refractivity contribution in [2.45, 2.75) is 32.2 Å². The van der Waals surface area contributed by atoms with Gasteiger partial charge in [0.05, 0.1) is 17.8 Å². The Morgan fingerprint density at radius 1 is 1.52 bits per heavy atom. The number of furan rings is 1. The third kappa shape index (κ3) is 4.46. The number of carbonyl (C=O) groups excluding carboxylic acids is 1. The Morgan fingerprint density at radius 3 is 2.90 bits per heavy atom. The van der Waals surface area contributed by atoms with Crippen LogP contribution in [-0.4, -0.2) is 43.3 Å². The van der Waals surface area contributed by atoms with Gasteiger partial charge in [-0.3, -0.25) is 4.79 Å². The molecule has 1 fully saturated rings. The normalized spacial score (nSPS) is 20.9. The minimum Gasteiger partial charge on any atom is -0.465 e. The summed E-state index contributed by atoms with van der Waals surface area (Å²) in [6, 6.07) is 3.32. The molecule has 0 N–H and O–H groups in total. The summed E-state index contributed by atoms with van der Waals surface area (Å²) in [6.45, 7) is 2.64. The molecule has 0 radical (unpaired) electrons. The molecule has 0 spiro atoms. The van der Waals surface area contributed by atoms with Gasteiger partial charge in [0.15, 0.2) is 9.84 Å². The van der Waals surface area contributed by atoms with Gasteiger partial charge in [-0.25, -0.2) is 8.42 Å². The van der Waals surface area contributed by atoms with Gasteiger partial charge in [0.25, 0.3) is 0 Å². The highest BCUT2D eigenvalue weighted by molar-refractivity contribution is 7.91. The zero-order chi connectivity index (χ0) is 15.3. The van der Waals surface area contributed by atoms with Gasteiger partial charge in [-0.2, -0.15) is 0 Å². The lowest BCUT2D eigenvalue weighted by molar-refractivity contribution is -0.127. The maximum absolute atomic E-state index is 12.3. The average molecular weight is 311 g/mol. The van der Waals surface area contributed by atoms with Crippen LogP contribution < -0.4 is 0 Å². The molecule has 2 rings (SSSR count). The summed E-state index contributed by atoms with van der Waals surface area (Å²) in [7, 11) is -2.99. The molecule has 0 aromatic carbocycles. The van der Waals surface area contributed by atoms with Crippen molar-refractivity contribution in [3.05, 3.63) is 30.2 Å². The maximum atomic E-state index is 12.3. The molecular formula is C15H21NO4S.